The van der Waals surface area contributed by atoms with Crippen molar-refractivity contribution in [1.29, 1.82) is 10.5 Å². The molecule has 0 aromatic carbocycles. The molecular formula is C9H6F8N2O. The molecule has 0 heterocycles. The van der Waals surface area contributed by atoms with Crippen LogP contribution in [-0.4, -0.2) is 34.9 Å². The Labute approximate surface area is 107 Å². The summed E-state index contributed by atoms with van der Waals surface area (Å²) in [6.07, 6.45) is -9.08. The van der Waals surface area contributed by atoms with Gasteiger partial charge in [0.15, 0.2) is 5.60 Å². The monoisotopic (exact) mass is 310 g/mol. The third kappa shape index (κ3) is 3.10. The molecule has 0 saturated heterocycles. The molecule has 3 nitrogen and oxygen atoms in total. The lowest BCUT2D eigenvalue weighted by atomic mass is 9.89. The Morgan fingerprint density at radius 2 is 1.45 bits per heavy atom. The van der Waals surface area contributed by atoms with Crippen molar-refractivity contribution in [1.82, 2.24) is 0 Å². The van der Waals surface area contributed by atoms with Crippen molar-refractivity contribution in [2.24, 2.45) is 0 Å². The zero-order valence-corrected chi connectivity index (χ0v) is 9.36. The first kappa shape index (κ1) is 18.4. The minimum absolute atomic E-state index is 0.676. The normalized spacial score (nSPS) is 16.4. The second-order valence-electron chi connectivity index (χ2n) is 3.86. The van der Waals surface area contributed by atoms with E-state index in [1.165, 1.54) is 0 Å². The average Bonchev–Trinajstić information content (AvgIpc) is 2.27. The zero-order chi connectivity index (χ0) is 16.4. The molecule has 0 saturated carbocycles. The fourth-order valence-electron chi connectivity index (χ4n) is 1.13. The second-order valence-corrected chi connectivity index (χ2v) is 3.86. The quantitative estimate of drug-likeness (QED) is 0.606. The lowest BCUT2D eigenvalue weighted by molar-refractivity contribution is -0.344. The molecule has 1 N–H and O–H groups in total. The molecule has 114 valence electrons. The van der Waals surface area contributed by atoms with E-state index in [1.54, 1.807) is 0 Å². The van der Waals surface area contributed by atoms with Crippen molar-refractivity contribution < 1.29 is 40.2 Å². The highest BCUT2D eigenvalue weighted by molar-refractivity contribution is 5.11. The summed E-state index contributed by atoms with van der Waals surface area (Å²) in [6.45, 7) is 0. The van der Waals surface area contributed by atoms with Gasteiger partial charge in [0, 0.05) is 0 Å². The van der Waals surface area contributed by atoms with Gasteiger partial charge in [0.2, 0.25) is 0 Å². The van der Waals surface area contributed by atoms with Gasteiger partial charge in [0.25, 0.3) is 0 Å². The van der Waals surface area contributed by atoms with Crippen LogP contribution in [0.5, 0.6) is 0 Å². The van der Waals surface area contributed by atoms with Gasteiger partial charge in [0.05, 0.1) is 25.0 Å². The molecule has 0 aromatic heterocycles. The molecular weight excluding hydrogens is 304 g/mol. The van der Waals surface area contributed by atoms with Crippen molar-refractivity contribution in [3.8, 4) is 12.1 Å². The molecule has 0 aliphatic heterocycles. The Hall–Kier alpha value is -1.62. The molecule has 0 rings (SSSR count). The second kappa shape index (κ2) is 5.40. The van der Waals surface area contributed by atoms with Gasteiger partial charge in [0.1, 0.15) is 0 Å². The number of hydrogen-bond donors (Lipinski definition) is 1. The van der Waals surface area contributed by atoms with Crippen LogP contribution in [0.3, 0.4) is 0 Å². The lowest BCUT2D eigenvalue weighted by Gasteiger charge is -2.34. The molecule has 0 aromatic rings. The Balaban J connectivity index is 5.55. The summed E-state index contributed by atoms with van der Waals surface area (Å²) in [5, 5.41) is 25.5. The third-order valence-corrected chi connectivity index (χ3v) is 2.25. The number of aliphatic hydroxyl groups is 1. The van der Waals surface area contributed by atoms with Crippen LogP contribution in [0.4, 0.5) is 35.1 Å². The standard InChI is InChI=1S/C9H6F8N2O/c10-5(11)8(14,15)9(16,17)7(12,13)3-6(20,4-19)1-2-18/h5,20H,1,3H2. The van der Waals surface area contributed by atoms with Gasteiger partial charge < -0.3 is 5.11 Å². The predicted molar refractivity (Wildman–Crippen MR) is 46.3 cm³/mol. The van der Waals surface area contributed by atoms with Crippen molar-refractivity contribution >= 4 is 0 Å². The van der Waals surface area contributed by atoms with E-state index in [2.05, 4.69) is 0 Å². The van der Waals surface area contributed by atoms with E-state index in [0.717, 1.165) is 6.07 Å². The predicted octanol–water partition coefficient (Wildman–Crippen LogP) is 2.72. The van der Waals surface area contributed by atoms with Crippen LogP contribution < -0.4 is 0 Å². The van der Waals surface area contributed by atoms with Gasteiger partial charge in [-0.1, -0.05) is 0 Å². The molecule has 0 aliphatic carbocycles. The van der Waals surface area contributed by atoms with Crippen LogP contribution in [0.2, 0.25) is 0 Å². The van der Waals surface area contributed by atoms with Gasteiger partial charge >= 0.3 is 24.2 Å². The summed E-state index contributed by atoms with van der Waals surface area (Å²) in [6, 6.07) is 1.68. The minimum atomic E-state index is -6.52. The summed E-state index contributed by atoms with van der Waals surface area (Å²) in [7, 11) is 0. The van der Waals surface area contributed by atoms with Gasteiger partial charge in [-0.05, 0) is 0 Å². The van der Waals surface area contributed by atoms with Crippen LogP contribution in [-0.2, 0) is 0 Å². The molecule has 20 heavy (non-hydrogen) atoms. The number of rotatable bonds is 6. The van der Waals surface area contributed by atoms with Gasteiger partial charge in [-0.3, -0.25) is 0 Å². The molecule has 0 fully saturated rings. The van der Waals surface area contributed by atoms with Crippen molar-refractivity contribution in [3.05, 3.63) is 0 Å². The first-order valence-electron chi connectivity index (χ1n) is 4.69. The van der Waals surface area contributed by atoms with Crippen LogP contribution in [0.25, 0.3) is 0 Å². The highest BCUT2D eigenvalue weighted by Gasteiger charge is 2.76. The summed E-state index contributed by atoms with van der Waals surface area (Å²) < 4.78 is 100. The Morgan fingerprint density at radius 1 is 1.00 bits per heavy atom. The van der Waals surface area contributed by atoms with Gasteiger partial charge in [-0.25, -0.2) is 8.78 Å². The Bertz CT molecular complexity index is 438. The SMILES string of the molecule is N#CCC(O)(C#N)CC(F)(F)C(F)(F)C(F)(F)C(F)F. The van der Waals surface area contributed by atoms with Crippen LogP contribution in [0, 0.1) is 22.7 Å². The van der Waals surface area contributed by atoms with E-state index in [1.807, 2.05) is 0 Å². The Kier molecular flexibility index (Phi) is 4.96. The molecule has 1 atom stereocenters. The van der Waals surface area contributed by atoms with E-state index >= 15 is 0 Å². The molecule has 0 aliphatic rings. The summed E-state index contributed by atoms with van der Waals surface area (Å²) in [5.74, 6) is -18.7. The fourth-order valence-corrected chi connectivity index (χ4v) is 1.13. The van der Waals surface area contributed by atoms with Crippen molar-refractivity contribution in [2.75, 3.05) is 0 Å². The fraction of sp³-hybridized carbons (Fsp3) is 0.778. The number of nitrogens with zero attached hydrogens (tertiary/aromatic N) is 2. The van der Waals surface area contributed by atoms with E-state index in [0.29, 0.717) is 6.07 Å². The largest absolute Gasteiger partial charge is 0.377 e. The summed E-state index contributed by atoms with van der Waals surface area (Å²) in [4.78, 5) is 0. The zero-order valence-electron chi connectivity index (χ0n) is 9.36. The minimum Gasteiger partial charge on any atom is -0.374 e. The van der Waals surface area contributed by atoms with Gasteiger partial charge in [-0.15, -0.1) is 0 Å². The number of alkyl halides is 8. The first-order chi connectivity index (χ1) is 8.77. The molecule has 0 bridgehead atoms. The van der Waals surface area contributed by atoms with E-state index in [4.69, 9.17) is 15.6 Å². The summed E-state index contributed by atoms with van der Waals surface area (Å²) in [5.41, 5.74) is -3.38. The van der Waals surface area contributed by atoms with Gasteiger partial charge in [-0.2, -0.15) is 36.9 Å². The smallest absolute Gasteiger partial charge is 0.374 e. The highest BCUT2D eigenvalue weighted by atomic mass is 19.4. The average molecular weight is 310 g/mol. The molecule has 0 amide bonds. The van der Waals surface area contributed by atoms with Crippen LogP contribution >= 0.6 is 0 Å². The lowest BCUT2D eigenvalue weighted by Crippen LogP contribution is -2.59. The molecule has 11 heteroatoms. The Morgan fingerprint density at radius 3 is 1.75 bits per heavy atom. The number of hydrogen-bond acceptors (Lipinski definition) is 3. The maximum absolute atomic E-state index is 13.1. The number of nitriles is 2. The maximum Gasteiger partial charge on any atom is 0.377 e. The maximum atomic E-state index is 13.1. The highest BCUT2D eigenvalue weighted by Crippen LogP contribution is 2.51. The number of halogens is 8. The van der Waals surface area contributed by atoms with E-state index in [9.17, 15) is 35.1 Å². The molecule has 0 radical (unpaired) electrons. The summed E-state index contributed by atoms with van der Waals surface area (Å²) >= 11 is 0. The van der Waals surface area contributed by atoms with Crippen molar-refractivity contribution in [3.63, 3.8) is 0 Å². The first-order valence-corrected chi connectivity index (χ1v) is 4.69. The molecule has 0 spiro atoms. The topological polar surface area (TPSA) is 67.8 Å². The van der Waals surface area contributed by atoms with Crippen molar-refractivity contribution in [2.45, 2.75) is 42.6 Å². The third-order valence-electron chi connectivity index (χ3n) is 2.25. The van der Waals surface area contributed by atoms with Crippen LogP contribution in [0.1, 0.15) is 12.8 Å². The molecule has 1 unspecified atom stereocenters. The van der Waals surface area contributed by atoms with Crippen LogP contribution in [0.15, 0.2) is 0 Å². The van der Waals surface area contributed by atoms with E-state index in [-0.39, 0.29) is 0 Å². The van der Waals surface area contributed by atoms with E-state index < -0.39 is 42.6 Å².